The van der Waals surface area contributed by atoms with E-state index in [1.807, 2.05) is 6.07 Å². The van der Waals surface area contributed by atoms with Crippen molar-refractivity contribution in [3.63, 3.8) is 0 Å². The van der Waals surface area contributed by atoms with E-state index < -0.39 is 5.56 Å². The van der Waals surface area contributed by atoms with Crippen LogP contribution in [0.2, 0.25) is 5.02 Å². The molecular weight excluding hydrogens is 468 g/mol. The lowest BCUT2D eigenvalue weighted by atomic mass is 9.45. The summed E-state index contributed by atoms with van der Waals surface area (Å²) < 4.78 is 6.45. The molecule has 4 fully saturated rings. The Hall–Kier alpha value is -2.65. The van der Waals surface area contributed by atoms with E-state index in [1.54, 1.807) is 18.5 Å². The molecule has 35 heavy (non-hydrogen) atoms. The molecule has 1 saturated heterocycles. The third-order valence-electron chi connectivity index (χ3n) is 8.34. The number of anilines is 3. The van der Waals surface area contributed by atoms with Gasteiger partial charge in [0.15, 0.2) is 0 Å². The Morgan fingerprint density at radius 3 is 2.66 bits per heavy atom. The highest BCUT2D eigenvalue weighted by atomic mass is 35.5. The van der Waals surface area contributed by atoms with Gasteiger partial charge in [0.25, 0.3) is 5.56 Å². The third kappa shape index (κ3) is 4.63. The minimum Gasteiger partial charge on any atom is -0.379 e. The van der Waals surface area contributed by atoms with Crippen molar-refractivity contribution in [2.24, 2.45) is 23.2 Å². The fourth-order valence-corrected chi connectivity index (χ4v) is 6.20. The molecule has 3 saturated carbocycles. The molecule has 3 aliphatic carbocycles. The molecule has 2 aromatic heterocycles. The molecule has 6 rings (SSSR count). The van der Waals surface area contributed by atoms with E-state index >= 15 is 0 Å². The van der Waals surface area contributed by atoms with Gasteiger partial charge in [0.2, 0.25) is 5.91 Å². The second-order valence-corrected chi connectivity index (χ2v) is 11.0. The van der Waals surface area contributed by atoms with Gasteiger partial charge in [-0.3, -0.25) is 9.59 Å². The highest BCUT2D eigenvalue weighted by Gasteiger charge is 2.56. The Kier molecular flexibility index (Phi) is 6.48. The molecule has 0 aromatic carbocycles. The van der Waals surface area contributed by atoms with Crippen molar-refractivity contribution in [3.8, 4) is 0 Å². The van der Waals surface area contributed by atoms with Crippen LogP contribution < -0.4 is 21.1 Å². The number of hydrogen-bond donors (Lipinski definition) is 2. The van der Waals surface area contributed by atoms with Crippen LogP contribution in [-0.4, -0.2) is 53.0 Å². The first-order chi connectivity index (χ1) is 16.7. The third-order valence-corrected chi connectivity index (χ3v) is 8.71. The summed E-state index contributed by atoms with van der Waals surface area (Å²) in [6.45, 7) is 9.68. The maximum Gasteiger partial charge on any atom is 0.288 e. The summed E-state index contributed by atoms with van der Waals surface area (Å²) >= 11 is 6.41. The number of nitrogens with zero attached hydrogens (tertiary/aromatic N) is 4. The number of aromatic nitrogens is 3. The molecule has 0 radical (unpaired) electrons. The molecule has 188 valence electrons. The molecule has 2 aromatic rings. The van der Waals surface area contributed by atoms with E-state index in [0.29, 0.717) is 47.8 Å². The van der Waals surface area contributed by atoms with Crippen LogP contribution in [0, 0.1) is 23.2 Å². The van der Waals surface area contributed by atoms with Crippen molar-refractivity contribution >= 4 is 34.7 Å². The van der Waals surface area contributed by atoms with E-state index in [0.717, 1.165) is 30.0 Å². The molecule has 2 N–H and O–H groups in total. The number of halogens is 1. The number of carbonyl (C=O) groups excluding carboxylic acids is 1. The normalized spacial score (nSPS) is 27.1. The van der Waals surface area contributed by atoms with E-state index in [1.165, 1.54) is 6.42 Å². The molecule has 10 heteroatoms. The van der Waals surface area contributed by atoms with Crippen molar-refractivity contribution in [3.05, 3.63) is 39.9 Å². The zero-order valence-corrected chi connectivity index (χ0v) is 21.2. The summed E-state index contributed by atoms with van der Waals surface area (Å²) in [6, 6.07) is 3.92. The minimum atomic E-state index is -0.485. The van der Waals surface area contributed by atoms with Gasteiger partial charge in [-0.2, -0.15) is 5.10 Å². The van der Waals surface area contributed by atoms with Crippen LogP contribution in [0.3, 0.4) is 0 Å². The Morgan fingerprint density at radius 2 is 2.00 bits per heavy atom. The van der Waals surface area contributed by atoms with Crippen LogP contribution in [-0.2, 0) is 16.1 Å². The average Bonchev–Trinajstić information content (AvgIpc) is 2.85. The number of nitrogens with one attached hydrogen (secondary N) is 2. The molecule has 1 aliphatic heterocycles. The number of pyridine rings is 1. The lowest BCUT2D eigenvalue weighted by Gasteiger charge is -2.62. The quantitative estimate of drug-likeness (QED) is 0.627. The molecule has 4 aliphatic rings. The molecule has 0 unspecified atom stereocenters. The van der Waals surface area contributed by atoms with Crippen molar-refractivity contribution in [1.82, 2.24) is 14.8 Å². The number of hydrogen-bond acceptors (Lipinski definition) is 7. The van der Waals surface area contributed by atoms with E-state index in [-0.39, 0.29) is 23.5 Å². The SMILES string of the molecule is C[C@@H]1[C@H]2C[C@@H](C[C@H]1Nc1cnn(CC(=O)Nc3ccc(N4CCOCC4)nc3)c(=O)c1Cl)C2(C)C. The predicted molar refractivity (Wildman–Crippen MR) is 136 cm³/mol. The standard InChI is InChI=1S/C25H33ClN6O3/c1-15-18-10-16(25(18,2)3)11-19(15)30-20-13-28-32(24(34)23(20)26)14-22(33)29-17-4-5-21(27-12-17)31-6-8-35-9-7-31/h4-5,12-13,15-16,18-19,30H,6-11,14H2,1-3H3,(H,29,33)/t15-,16+,18-,19-/m1/s1. The average molecular weight is 501 g/mol. The molecular formula is C25H33ClN6O3. The van der Waals surface area contributed by atoms with Gasteiger partial charge < -0.3 is 20.3 Å². The van der Waals surface area contributed by atoms with Crippen LogP contribution in [0.1, 0.15) is 33.6 Å². The Balaban J connectivity index is 1.20. The summed E-state index contributed by atoms with van der Waals surface area (Å²) in [7, 11) is 0. The van der Waals surface area contributed by atoms with Crippen molar-refractivity contribution in [1.29, 1.82) is 0 Å². The second-order valence-electron chi connectivity index (χ2n) is 10.6. The van der Waals surface area contributed by atoms with Crippen LogP contribution >= 0.6 is 11.6 Å². The zero-order valence-electron chi connectivity index (χ0n) is 20.5. The number of rotatable bonds is 6. The van der Waals surface area contributed by atoms with Crippen molar-refractivity contribution < 1.29 is 9.53 Å². The van der Waals surface area contributed by atoms with E-state index in [4.69, 9.17) is 16.3 Å². The van der Waals surface area contributed by atoms with Crippen LogP contribution in [0.25, 0.3) is 0 Å². The number of carbonyl (C=O) groups is 1. The Morgan fingerprint density at radius 1 is 1.23 bits per heavy atom. The van der Waals surface area contributed by atoms with Gasteiger partial charge in [0, 0.05) is 19.1 Å². The second kappa shape index (κ2) is 9.43. The highest BCUT2D eigenvalue weighted by Crippen LogP contribution is 2.61. The summed E-state index contributed by atoms with van der Waals surface area (Å²) in [4.78, 5) is 31.9. The van der Waals surface area contributed by atoms with Gasteiger partial charge in [-0.1, -0.05) is 32.4 Å². The van der Waals surface area contributed by atoms with Crippen molar-refractivity contribution in [2.45, 2.75) is 46.2 Å². The molecule has 2 bridgehead atoms. The summed E-state index contributed by atoms with van der Waals surface area (Å²) in [5, 5.41) is 10.5. The van der Waals surface area contributed by atoms with Gasteiger partial charge in [0.05, 0.1) is 37.0 Å². The maximum atomic E-state index is 12.8. The predicted octanol–water partition coefficient (Wildman–Crippen LogP) is 3.25. The summed E-state index contributed by atoms with van der Waals surface area (Å²) in [5.41, 5.74) is 0.986. The van der Waals surface area contributed by atoms with Gasteiger partial charge in [0.1, 0.15) is 17.4 Å². The van der Waals surface area contributed by atoms with Crippen LogP contribution in [0.5, 0.6) is 0 Å². The fraction of sp³-hybridized carbons (Fsp3) is 0.600. The lowest BCUT2D eigenvalue weighted by Crippen LogP contribution is -2.58. The van der Waals surface area contributed by atoms with E-state index in [9.17, 15) is 9.59 Å². The summed E-state index contributed by atoms with van der Waals surface area (Å²) in [6.07, 6.45) is 5.50. The highest BCUT2D eigenvalue weighted by molar-refractivity contribution is 6.32. The van der Waals surface area contributed by atoms with Crippen LogP contribution in [0.4, 0.5) is 17.2 Å². The number of amides is 1. The monoisotopic (exact) mass is 500 g/mol. The smallest absolute Gasteiger partial charge is 0.288 e. The Bertz CT molecular complexity index is 1140. The fourth-order valence-electron chi connectivity index (χ4n) is 5.99. The van der Waals surface area contributed by atoms with Crippen LogP contribution in [0.15, 0.2) is 29.3 Å². The number of morpholine rings is 1. The lowest BCUT2D eigenvalue weighted by molar-refractivity contribution is -0.117. The molecule has 4 atom stereocenters. The molecule has 3 heterocycles. The number of fused-ring (bicyclic) bond motifs is 2. The minimum absolute atomic E-state index is 0.0648. The molecule has 9 nitrogen and oxygen atoms in total. The zero-order chi connectivity index (χ0) is 24.7. The Labute approximate surface area is 210 Å². The van der Waals surface area contributed by atoms with Gasteiger partial charge >= 0.3 is 0 Å². The molecule has 0 spiro atoms. The first-order valence-corrected chi connectivity index (χ1v) is 12.7. The van der Waals surface area contributed by atoms with Gasteiger partial charge in [-0.25, -0.2) is 9.67 Å². The number of ether oxygens (including phenoxy) is 1. The van der Waals surface area contributed by atoms with Gasteiger partial charge in [-0.15, -0.1) is 0 Å². The first kappa shape index (κ1) is 24.1. The topological polar surface area (TPSA) is 101 Å². The molecule has 1 amide bonds. The van der Waals surface area contributed by atoms with Gasteiger partial charge in [-0.05, 0) is 48.1 Å². The first-order valence-electron chi connectivity index (χ1n) is 12.3. The largest absolute Gasteiger partial charge is 0.379 e. The van der Waals surface area contributed by atoms with Crippen molar-refractivity contribution in [2.75, 3.05) is 41.8 Å². The maximum absolute atomic E-state index is 12.8. The van der Waals surface area contributed by atoms with E-state index in [2.05, 4.69) is 46.4 Å². The summed E-state index contributed by atoms with van der Waals surface area (Å²) in [5.74, 6) is 2.32.